The summed E-state index contributed by atoms with van der Waals surface area (Å²) in [6.45, 7) is 7.04. The molecule has 1 N–H and O–H groups in total. The third-order valence-corrected chi connectivity index (χ3v) is 3.73. The second-order valence-electron chi connectivity index (χ2n) is 4.91. The SMILES string of the molecule is CC[C@H](CNC(=O)c1ccoc1C)N1CCCC1. The number of carbonyl (C=O) groups is 1. The summed E-state index contributed by atoms with van der Waals surface area (Å²) in [7, 11) is 0. The molecule has 1 aromatic rings. The maximum Gasteiger partial charge on any atom is 0.254 e. The fourth-order valence-electron chi connectivity index (χ4n) is 2.56. The first-order valence-electron chi connectivity index (χ1n) is 6.78. The van der Waals surface area contributed by atoms with Gasteiger partial charge in [0.25, 0.3) is 5.91 Å². The summed E-state index contributed by atoms with van der Waals surface area (Å²) in [6.07, 6.45) is 5.20. The number of likely N-dealkylation sites (tertiary alicyclic amines) is 1. The van der Waals surface area contributed by atoms with E-state index in [1.807, 2.05) is 6.92 Å². The molecule has 0 aromatic carbocycles. The topological polar surface area (TPSA) is 45.5 Å². The van der Waals surface area contributed by atoms with Gasteiger partial charge in [0.2, 0.25) is 0 Å². The van der Waals surface area contributed by atoms with Crippen LogP contribution in [-0.2, 0) is 0 Å². The van der Waals surface area contributed by atoms with Gasteiger partial charge >= 0.3 is 0 Å². The van der Waals surface area contributed by atoms with E-state index in [0.29, 0.717) is 17.4 Å². The fraction of sp³-hybridized carbons (Fsp3) is 0.643. The van der Waals surface area contributed by atoms with Gasteiger partial charge in [0.05, 0.1) is 11.8 Å². The lowest BCUT2D eigenvalue weighted by molar-refractivity contribution is 0.0935. The number of hydrogen-bond donors (Lipinski definition) is 1. The zero-order valence-electron chi connectivity index (χ0n) is 11.2. The molecule has 0 aliphatic carbocycles. The molecule has 0 bridgehead atoms. The van der Waals surface area contributed by atoms with Gasteiger partial charge < -0.3 is 9.73 Å². The smallest absolute Gasteiger partial charge is 0.254 e. The molecule has 1 amide bonds. The van der Waals surface area contributed by atoms with Gasteiger partial charge in [-0.15, -0.1) is 0 Å². The molecule has 18 heavy (non-hydrogen) atoms. The highest BCUT2D eigenvalue weighted by molar-refractivity contribution is 5.95. The van der Waals surface area contributed by atoms with Crippen LogP contribution in [-0.4, -0.2) is 36.5 Å². The Morgan fingerprint density at radius 1 is 1.50 bits per heavy atom. The van der Waals surface area contributed by atoms with E-state index in [-0.39, 0.29) is 5.91 Å². The average molecular weight is 250 g/mol. The highest BCUT2D eigenvalue weighted by atomic mass is 16.3. The summed E-state index contributed by atoms with van der Waals surface area (Å²) < 4.78 is 5.15. The Labute approximate surface area is 108 Å². The molecule has 0 saturated carbocycles. The van der Waals surface area contributed by atoms with Crippen molar-refractivity contribution in [2.45, 2.75) is 39.2 Å². The first-order valence-corrected chi connectivity index (χ1v) is 6.78. The highest BCUT2D eigenvalue weighted by Gasteiger charge is 2.21. The number of hydrogen-bond acceptors (Lipinski definition) is 3. The van der Waals surface area contributed by atoms with Crippen LogP contribution in [0.25, 0.3) is 0 Å². The van der Waals surface area contributed by atoms with E-state index in [1.54, 1.807) is 12.3 Å². The first kappa shape index (κ1) is 13.1. The standard InChI is InChI=1S/C14H22N2O2/c1-3-12(16-7-4-5-8-16)10-15-14(17)13-6-9-18-11(13)2/h6,9,12H,3-5,7-8,10H2,1-2H3,(H,15,17)/t12-/m1/s1. The second kappa shape index (κ2) is 6.05. The lowest BCUT2D eigenvalue weighted by Crippen LogP contribution is -2.42. The Hall–Kier alpha value is -1.29. The van der Waals surface area contributed by atoms with Crippen molar-refractivity contribution in [2.75, 3.05) is 19.6 Å². The molecule has 1 fully saturated rings. The van der Waals surface area contributed by atoms with Crippen molar-refractivity contribution < 1.29 is 9.21 Å². The van der Waals surface area contributed by atoms with Crippen LogP contribution >= 0.6 is 0 Å². The van der Waals surface area contributed by atoms with Gasteiger partial charge in [0.1, 0.15) is 5.76 Å². The van der Waals surface area contributed by atoms with Crippen LogP contribution in [0, 0.1) is 6.92 Å². The Balaban J connectivity index is 1.86. The molecule has 2 heterocycles. The van der Waals surface area contributed by atoms with Gasteiger partial charge in [0.15, 0.2) is 0 Å². The molecule has 1 atom stereocenters. The van der Waals surface area contributed by atoms with Crippen molar-refractivity contribution in [3.8, 4) is 0 Å². The van der Waals surface area contributed by atoms with E-state index >= 15 is 0 Å². The fourth-order valence-corrected chi connectivity index (χ4v) is 2.56. The molecule has 2 rings (SSSR count). The normalized spacial score (nSPS) is 17.9. The number of rotatable bonds is 5. The van der Waals surface area contributed by atoms with Crippen LogP contribution in [0.3, 0.4) is 0 Å². The van der Waals surface area contributed by atoms with Crippen molar-refractivity contribution in [1.29, 1.82) is 0 Å². The van der Waals surface area contributed by atoms with Crippen LogP contribution in [0.4, 0.5) is 0 Å². The zero-order chi connectivity index (χ0) is 13.0. The van der Waals surface area contributed by atoms with E-state index in [0.717, 1.165) is 13.0 Å². The number of furan rings is 1. The predicted octanol–water partition coefficient (Wildman–Crippen LogP) is 2.19. The quantitative estimate of drug-likeness (QED) is 0.871. The van der Waals surface area contributed by atoms with Crippen molar-refractivity contribution in [1.82, 2.24) is 10.2 Å². The van der Waals surface area contributed by atoms with Crippen molar-refractivity contribution in [3.63, 3.8) is 0 Å². The minimum Gasteiger partial charge on any atom is -0.469 e. The molecule has 100 valence electrons. The Kier molecular flexibility index (Phi) is 4.42. The van der Waals surface area contributed by atoms with Crippen molar-refractivity contribution >= 4 is 5.91 Å². The Bertz CT molecular complexity index is 394. The lowest BCUT2D eigenvalue weighted by Gasteiger charge is -2.26. The first-order chi connectivity index (χ1) is 8.72. The highest BCUT2D eigenvalue weighted by Crippen LogP contribution is 2.14. The van der Waals surface area contributed by atoms with Gasteiger partial charge in [0, 0.05) is 12.6 Å². The summed E-state index contributed by atoms with van der Waals surface area (Å²) in [4.78, 5) is 14.4. The summed E-state index contributed by atoms with van der Waals surface area (Å²) in [5.74, 6) is 0.653. The lowest BCUT2D eigenvalue weighted by atomic mass is 10.2. The molecule has 1 saturated heterocycles. The molecule has 0 radical (unpaired) electrons. The number of nitrogens with zero attached hydrogens (tertiary/aromatic N) is 1. The van der Waals surface area contributed by atoms with Gasteiger partial charge in [-0.2, -0.15) is 0 Å². The third kappa shape index (κ3) is 2.93. The van der Waals surface area contributed by atoms with Gasteiger partial charge in [-0.25, -0.2) is 0 Å². The summed E-state index contributed by atoms with van der Waals surface area (Å²) in [6, 6.07) is 2.19. The summed E-state index contributed by atoms with van der Waals surface area (Å²) in [5.41, 5.74) is 0.645. The van der Waals surface area contributed by atoms with E-state index in [2.05, 4.69) is 17.1 Å². The van der Waals surface area contributed by atoms with E-state index < -0.39 is 0 Å². The van der Waals surface area contributed by atoms with Crippen LogP contribution in [0.2, 0.25) is 0 Å². The van der Waals surface area contributed by atoms with E-state index in [4.69, 9.17) is 4.42 Å². The summed E-state index contributed by atoms with van der Waals surface area (Å²) in [5, 5.41) is 3.01. The van der Waals surface area contributed by atoms with Gasteiger partial charge in [-0.3, -0.25) is 9.69 Å². The molecular weight excluding hydrogens is 228 g/mol. The summed E-state index contributed by atoms with van der Waals surface area (Å²) >= 11 is 0. The number of nitrogens with one attached hydrogen (secondary N) is 1. The van der Waals surface area contributed by atoms with Crippen molar-refractivity contribution in [3.05, 3.63) is 23.7 Å². The molecular formula is C14H22N2O2. The van der Waals surface area contributed by atoms with Crippen molar-refractivity contribution in [2.24, 2.45) is 0 Å². The van der Waals surface area contributed by atoms with E-state index in [9.17, 15) is 4.79 Å². The molecule has 0 spiro atoms. The molecule has 4 nitrogen and oxygen atoms in total. The Morgan fingerprint density at radius 2 is 2.22 bits per heavy atom. The maximum absolute atomic E-state index is 12.0. The Morgan fingerprint density at radius 3 is 2.78 bits per heavy atom. The molecule has 1 aromatic heterocycles. The van der Waals surface area contributed by atoms with Gasteiger partial charge in [-0.1, -0.05) is 6.92 Å². The van der Waals surface area contributed by atoms with E-state index in [1.165, 1.54) is 25.9 Å². The third-order valence-electron chi connectivity index (χ3n) is 3.73. The maximum atomic E-state index is 12.0. The average Bonchev–Trinajstić information content (AvgIpc) is 3.01. The van der Waals surface area contributed by atoms with Crippen LogP contribution in [0.15, 0.2) is 16.7 Å². The zero-order valence-corrected chi connectivity index (χ0v) is 11.2. The monoisotopic (exact) mass is 250 g/mol. The molecule has 1 aliphatic heterocycles. The minimum atomic E-state index is -0.0288. The van der Waals surface area contributed by atoms with Crippen LogP contribution < -0.4 is 5.32 Å². The second-order valence-corrected chi connectivity index (χ2v) is 4.91. The number of aryl methyl sites for hydroxylation is 1. The van der Waals surface area contributed by atoms with Crippen LogP contribution in [0.5, 0.6) is 0 Å². The number of amides is 1. The molecule has 1 aliphatic rings. The molecule has 4 heteroatoms. The minimum absolute atomic E-state index is 0.0288. The predicted molar refractivity (Wildman–Crippen MR) is 70.7 cm³/mol. The number of carbonyl (C=O) groups excluding carboxylic acids is 1. The largest absolute Gasteiger partial charge is 0.469 e. The van der Waals surface area contributed by atoms with Gasteiger partial charge in [-0.05, 0) is 45.3 Å². The molecule has 0 unspecified atom stereocenters. The van der Waals surface area contributed by atoms with Crippen LogP contribution in [0.1, 0.15) is 42.3 Å².